The minimum atomic E-state index is -0.991. The van der Waals surface area contributed by atoms with Gasteiger partial charge in [0.2, 0.25) is 29.4 Å². The molecule has 0 aliphatic carbocycles. The summed E-state index contributed by atoms with van der Waals surface area (Å²) in [5, 5.41) is 15.5. The van der Waals surface area contributed by atoms with E-state index in [1.54, 1.807) is 30.3 Å². The maximum Gasteiger partial charge on any atom is 0.292 e. The molecule has 0 saturated carbocycles. The highest BCUT2D eigenvalue weighted by Gasteiger charge is 2.28. The van der Waals surface area contributed by atoms with Gasteiger partial charge in [0.25, 0.3) is 5.91 Å². The lowest BCUT2D eigenvalue weighted by atomic mass is 10.0. The highest BCUT2D eigenvalue weighted by atomic mass is 16.5. The number of carbonyl (C=O) groups is 5. The number of aromatic nitrogens is 1. The number of carbonyl (C=O) groups excluding carboxylic acids is 5. The first-order valence-electron chi connectivity index (χ1n) is 18.7. The molecule has 1 aliphatic rings. The lowest BCUT2D eigenvalue weighted by molar-refractivity contribution is -0.132. The number of hydrogen-bond acceptors (Lipinski definition) is 9. The van der Waals surface area contributed by atoms with Crippen molar-refractivity contribution in [3.05, 3.63) is 108 Å². The van der Waals surface area contributed by atoms with Crippen LogP contribution in [0.15, 0.2) is 95.5 Å². The van der Waals surface area contributed by atoms with Gasteiger partial charge in [0.05, 0.1) is 13.0 Å². The van der Waals surface area contributed by atoms with Gasteiger partial charge in [0, 0.05) is 44.1 Å². The van der Waals surface area contributed by atoms with Crippen LogP contribution in [0.2, 0.25) is 0 Å². The van der Waals surface area contributed by atoms with Gasteiger partial charge in [-0.3, -0.25) is 24.0 Å². The number of ether oxygens (including phenoxy) is 1. The van der Waals surface area contributed by atoms with E-state index in [0.717, 1.165) is 11.1 Å². The largest absolute Gasteiger partial charge is 0.492 e. The Hall–Kier alpha value is -6.02. The van der Waals surface area contributed by atoms with Crippen LogP contribution in [0, 0.1) is 0 Å². The Morgan fingerprint density at radius 1 is 0.800 bits per heavy atom. The van der Waals surface area contributed by atoms with Crippen LogP contribution in [0.3, 0.4) is 0 Å². The monoisotopic (exact) mass is 751 g/mol. The summed E-state index contributed by atoms with van der Waals surface area (Å²) in [4.78, 5) is 68.8. The van der Waals surface area contributed by atoms with E-state index < -0.39 is 29.8 Å². The van der Waals surface area contributed by atoms with Crippen LogP contribution < -0.4 is 31.7 Å². The van der Waals surface area contributed by atoms with Crippen molar-refractivity contribution in [2.24, 2.45) is 5.73 Å². The molecule has 290 valence electrons. The Bertz CT molecular complexity index is 1870. The predicted molar refractivity (Wildman–Crippen MR) is 206 cm³/mol. The fourth-order valence-electron chi connectivity index (χ4n) is 6.18. The van der Waals surface area contributed by atoms with E-state index in [9.17, 15) is 24.0 Å². The molecule has 5 amide bonds. The van der Waals surface area contributed by atoms with Crippen LogP contribution in [0.4, 0.5) is 0 Å². The first-order chi connectivity index (χ1) is 26.8. The number of nitrogens with zero attached hydrogens (tertiary/aromatic N) is 2. The lowest BCUT2D eigenvalue weighted by Gasteiger charge is -2.25. The molecule has 0 radical (unpaired) electrons. The molecule has 6 N–H and O–H groups in total. The van der Waals surface area contributed by atoms with Crippen LogP contribution in [-0.4, -0.2) is 91.0 Å². The summed E-state index contributed by atoms with van der Waals surface area (Å²) < 4.78 is 11.3. The Morgan fingerprint density at radius 2 is 1.58 bits per heavy atom. The Labute approximate surface area is 320 Å². The third kappa shape index (κ3) is 12.8. The van der Waals surface area contributed by atoms with Gasteiger partial charge < -0.3 is 41.2 Å². The first-order valence-corrected chi connectivity index (χ1v) is 18.7. The second kappa shape index (κ2) is 21.0. The molecule has 2 heterocycles. The standard InChI is InChI=1S/C41H49N7O7/c42-19-8-7-17-33-40(52)46-35(26-29-11-3-1-4-12-29)39(51)44-20-23-48(41(53)36-28-34(47-55-36)31-14-5-2-6-15-31)22-10-18-37(49)43-21-24-54-32-16-9-13-30(25-32)27-38(50)45-33/h1-6,9,11-16,25,28,33,35H,7-8,10,17-24,26-27,42H2,(H,43,49)(H,44,51)(H,45,50)(H,46,52)/t33-,35+/m0/s1. The SMILES string of the molecule is NCCCC[C@@H]1NC(=O)Cc2cccc(c2)OCCNC(=O)CCCN(C(=O)c2cc(-c3ccccc3)no2)CCNC(=O)[C@@H](Cc2ccccc2)NC1=O. The van der Waals surface area contributed by atoms with E-state index in [4.69, 9.17) is 15.0 Å². The van der Waals surface area contributed by atoms with Crippen LogP contribution in [0.1, 0.15) is 53.8 Å². The number of nitrogens with two attached hydrogens (primary N) is 1. The molecule has 0 unspecified atom stereocenters. The molecule has 55 heavy (non-hydrogen) atoms. The van der Waals surface area contributed by atoms with Crippen molar-refractivity contribution in [2.45, 2.75) is 57.0 Å². The Morgan fingerprint density at radius 3 is 2.36 bits per heavy atom. The molecule has 14 heteroatoms. The molecular formula is C41H49N7O7. The number of amides is 5. The summed E-state index contributed by atoms with van der Waals surface area (Å²) in [5.41, 5.74) is 8.51. The molecule has 14 nitrogen and oxygen atoms in total. The number of nitrogens with one attached hydrogen (secondary N) is 4. The number of benzene rings is 3. The van der Waals surface area contributed by atoms with Gasteiger partial charge in [0.15, 0.2) is 0 Å². The van der Waals surface area contributed by atoms with Gasteiger partial charge in [-0.25, -0.2) is 0 Å². The summed E-state index contributed by atoms with van der Waals surface area (Å²) in [7, 11) is 0. The molecule has 2 bridgehead atoms. The Kier molecular flexibility index (Phi) is 15.4. The average Bonchev–Trinajstić information content (AvgIpc) is 3.69. The summed E-state index contributed by atoms with van der Waals surface area (Å²) in [6.07, 6.45) is 2.24. The fraction of sp³-hybridized carbons (Fsp3) is 0.366. The molecule has 0 spiro atoms. The van der Waals surface area contributed by atoms with Gasteiger partial charge in [0.1, 0.15) is 30.1 Å². The van der Waals surface area contributed by atoms with Crippen LogP contribution >= 0.6 is 0 Å². The lowest BCUT2D eigenvalue weighted by Crippen LogP contribution is -2.55. The number of unbranched alkanes of at least 4 members (excludes halogenated alkanes) is 1. The van der Waals surface area contributed by atoms with Crippen molar-refractivity contribution < 1.29 is 33.2 Å². The van der Waals surface area contributed by atoms with Gasteiger partial charge >= 0.3 is 0 Å². The zero-order valence-electron chi connectivity index (χ0n) is 30.8. The van der Waals surface area contributed by atoms with Crippen molar-refractivity contribution in [3.8, 4) is 17.0 Å². The van der Waals surface area contributed by atoms with E-state index in [-0.39, 0.29) is 69.6 Å². The molecule has 1 aliphatic heterocycles. The second-order valence-corrected chi connectivity index (χ2v) is 13.3. The topological polar surface area (TPSA) is 198 Å². The highest BCUT2D eigenvalue weighted by molar-refractivity contribution is 5.93. The van der Waals surface area contributed by atoms with Crippen LogP contribution in [0.5, 0.6) is 5.75 Å². The second-order valence-electron chi connectivity index (χ2n) is 13.3. The van der Waals surface area contributed by atoms with Gasteiger partial charge in [-0.2, -0.15) is 0 Å². The summed E-state index contributed by atoms with van der Waals surface area (Å²) in [6, 6.07) is 25.3. The zero-order valence-corrected chi connectivity index (χ0v) is 30.8. The number of rotatable bonds is 8. The predicted octanol–water partition coefficient (Wildman–Crippen LogP) is 2.77. The van der Waals surface area contributed by atoms with Crippen molar-refractivity contribution in [2.75, 3.05) is 39.3 Å². The van der Waals surface area contributed by atoms with Crippen LogP contribution in [-0.2, 0) is 32.0 Å². The van der Waals surface area contributed by atoms with Crippen molar-refractivity contribution in [1.29, 1.82) is 0 Å². The van der Waals surface area contributed by atoms with Crippen molar-refractivity contribution in [3.63, 3.8) is 0 Å². The molecule has 3 aromatic carbocycles. The fourth-order valence-corrected chi connectivity index (χ4v) is 6.18. The third-order valence-electron chi connectivity index (χ3n) is 9.06. The summed E-state index contributed by atoms with van der Waals surface area (Å²) >= 11 is 0. The minimum Gasteiger partial charge on any atom is -0.492 e. The van der Waals surface area contributed by atoms with Crippen molar-refractivity contribution >= 4 is 29.5 Å². The molecule has 0 saturated heterocycles. The quantitative estimate of drug-likeness (QED) is 0.168. The van der Waals surface area contributed by atoms with Crippen LogP contribution in [0.25, 0.3) is 11.3 Å². The molecule has 5 rings (SSSR count). The summed E-state index contributed by atoms with van der Waals surface area (Å²) in [5.74, 6) is -1.43. The highest BCUT2D eigenvalue weighted by Crippen LogP contribution is 2.20. The third-order valence-corrected chi connectivity index (χ3v) is 9.06. The average molecular weight is 752 g/mol. The van der Waals surface area contributed by atoms with Gasteiger partial charge in [-0.15, -0.1) is 0 Å². The van der Waals surface area contributed by atoms with Crippen molar-refractivity contribution in [1.82, 2.24) is 31.3 Å². The summed E-state index contributed by atoms with van der Waals surface area (Å²) in [6.45, 7) is 1.22. The maximum atomic E-state index is 13.8. The molecule has 4 aromatic rings. The molecular weight excluding hydrogens is 702 g/mol. The van der Waals surface area contributed by atoms with Gasteiger partial charge in [-0.05, 0) is 55.5 Å². The van der Waals surface area contributed by atoms with E-state index in [1.165, 1.54) is 4.90 Å². The molecule has 0 fully saturated rings. The van der Waals surface area contributed by atoms with E-state index >= 15 is 0 Å². The maximum absolute atomic E-state index is 13.8. The van der Waals surface area contributed by atoms with Gasteiger partial charge in [-0.1, -0.05) is 78.0 Å². The number of hydrogen-bond donors (Lipinski definition) is 5. The first kappa shape index (κ1) is 40.2. The normalized spacial score (nSPS) is 18.2. The molecule has 2 atom stereocenters. The van der Waals surface area contributed by atoms with E-state index in [1.807, 2.05) is 60.7 Å². The van der Waals surface area contributed by atoms with E-state index in [0.29, 0.717) is 49.2 Å². The minimum absolute atomic E-state index is 0.000604. The van der Waals surface area contributed by atoms with E-state index in [2.05, 4.69) is 26.4 Å². The zero-order chi connectivity index (χ0) is 38.8. The smallest absolute Gasteiger partial charge is 0.292 e. The Balaban J connectivity index is 1.36. The number of fused-ring (bicyclic) bond motifs is 2. The molecule has 1 aromatic heterocycles.